The van der Waals surface area contributed by atoms with Gasteiger partial charge in [-0.15, -0.1) is 0 Å². The molecule has 1 aliphatic heterocycles. The van der Waals surface area contributed by atoms with E-state index in [2.05, 4.69) is 5.10 Å². The van der Waals surface area contributed by atoms with E-state index in [0.29, 0.717) is 37.5 Å². The van der Waals surface area contributed by atoms with Crippen molar-refractivity contribution in [1.29, 1.82) is 0 Å². The van der Waals surface area contributed by atoms with Gasteiger partial charge in [-0.1, -0.05) is 6.92 Å². The Morgan fingerprint density at radius 1 is 1.50 bits per heavy atom. The molecule has 24 heavy (non-hydrogen) atoms. The van der Waals surface area contributed by atoms with Gasteiger partial charge < -0.3 is 9.32 Å². The number of aromatic nitrogens is 2. The van der Waals surface area contributed by atoms with Crippen molar-refractivity contribution in [3.05, 3.63) is 35.9 Å². The minimum atomic E-state index is -0.535. The number of amides is 2. The summed E-state index contributed by atoms with van der Waals surface area (Å²) in [6, 6.07) is 4.95. The lowest BCUT2D eigenvalue weighted by molar-refractivity contribution is -0.134. The second-order valence-electron chi connectivity index (χ2n) is 6.08. The lowest BCUT2D eigenvalue weighted by Gasteiger charge is -2.35. The van der Waals surface area contributed by atoms with E-state index in [9.17, 15) is 9.59 Å². The Labute approximate surface area is 140 Å². The fourth-order valence-corrected chi connectivity index (χ4v) is 3.11. The first-order chi connectivity index (χ1) is 11.5. The first-order valence-electron chi connectivity index (χ1n) is 8.15. The zero-order chi connectivity index (χ0) is 17.3. The van der Waals surface area contributed by atoms with Crippen molar-refractivity contribution < 1.29 is 14.0 Å². The number of carbonyl (C=O) groups excluding carboxylic acids is 2. The van der Waals surface area contributed by atoms with Crippen LogP contribution in [-0.2, 0) is 22.7 Å². The molecule has 0 unspecified atom stereocenters. The van der Waals surface area contributed by atoms with Crippen LogP contribution in [-0.4, -0.2) is 39.6 Å². The van der Waals surface area contributed by atoms with Gasteiger partial charge in [0.05, 0.1) is 25.0 Å². The van der Waals surface area contributed by atoms with Gasteiger partial charge in [0.1, 0.15) is 17.6 Å². The maximum absolute atomic E-state index is 12.9. The van der Waals surface area contributed by atoms with E-state index in [1.54, 1.807) is 33.9 Å². The Morgan fingerprint density at radius 3 is 2.96 bits per heavy atom. The van der Waals surface area contributed by atoms with E-state index in [4.69, 9.17) is 4.42 Å². The van der Waals surface area contributed by atoms with Crippen LogP contribution >= 0.6 is 0 Å². The first-order valence-corrected chi connectivity index (χ1v) is 8.15. The second-order valence-corrected chi connectivity index (χ2v) is 6.08. The largest absolute Gasteiger partial charge is 0.467 e. The van der Waals surface area contributed by atoms with E-state index in [1.807, 2.05) is 26.0 Å². The molecule has 0 saturated heterocycles. The predicted octanol–water partition coefficient (Wildman–Crippen LogP) is 1.96. The average Bonchev–Trinajstić information content (AvgIpc) is 3.18. The van der Waals surface area contributed by atoms with Gasteiger partial charge in [-0.2, -0.15) is 5.10 Å². The third-order valence-electron chi connectivity index (χ3n) is 4.27. The Kier molecular flexibility index (Phi) is 4.42. The maximum atomic E-state index is 12.9. The predicted molar refractivity (Wildman–Crippen MR) is 88.3 cm³/mol. The molecule has 0 fully saturated rings. The highest BCUT2D eigenvalue weighted by atomic mass is 16.3. The van der Waals surface area contributed by atoms with Crippen molar-refractivity contribution in [2.45, 2.75) is 45.8 Å². The summed E-state index contributed by atoms with van der Waals surface area (Å²) in [7, 11) is 1.73. The number of fused-ring (bicyclic) bond motifs is 1. The summed E-state index contributed by atoms with van der Waals surface area (Å²) in [6.07, 6.45) is 2.48. The van der Waals surface area contributed by atoms with Gasteiger partial charge in [0.25, 0.3) is 0 Å². The fraction of sp³-hybridized carbons (Fsp3) is 0.471. The second kappa shape index (κ2) is 6.51. The van der Waals surface area contributed by atoms with Crippen molar-refractivity contribution in [2.75, 3.05) is 11.9 Å². The molecule has 0 spiro atoms. The van der Waals surface area contributed by atoms with Crippen LogP contribution in [0.1, 0.15) is 31.2 Å². The summed E-state index contributed by atoms with van der Waals surface area (Å²) in [5.41, 5.74) is 0.843. The Morgan fingerprint density at radius 2 is 2.29 bits per heavy atom. The number of hydrogen-bond acceptors (Lipinski definition) is 4. The topological polar surface area (TPSA) is 71.6 Å². The highest BCUT2D eigenvalue weighted by Crippen LogP contribution is 2.26. The molecule has 1 atom stereocenters. The lowest BCUT2D eigenvalue weighted by Crippen LogP contribution is -2.52. The first kappa shape index (κ1) is 16.3. The SMILES string of the molecule is CC[C@H](C(=O)N(C)Cc1ccco1)N1C(=O)CCn2nc(C)cc21. The maximum Gasteiger partial charge on any atom is 0.245 e. The monoisotopic (exact) mass is 330 g/mol. The van der Waals surface area contributed by atoms with Gasteiger partial charge in [-0.05, 0) is 25.5 Å². The third kappa shape index (κ3) is 2.93. The number of furan rings is 1. The molecular weight excluding hydrogens is 308 g/mol. The highest BCUT2D eigenvalue weighted by Gasteiger charge is 2.36. The molecule has 0 aromatic carbocycles. The lowest BCUT2D eigenvalue weighted by atomic mass is 10.1. The average molecular weight is 330 g/mol. The van der Waals surface area contributed by atoms with Crippen LogP contribution in [0.3, 0.4) is 0 Å². The number of aryl methyl sites for hydroxylation is 2. The summed E-state index contributed by atoms with van der Waals surface area (Å²) >= 11 is 0. The van der Waals surface area contributed by atoms with Crippen molar-refractivity contribution >= 4 is 17.6 Å². The van der Waals surface area contributed by atoms with E-state index in [0.717, 1.165) is 5.69 Å². The normalized spacial score (nSPS) is 15.3. The van der Waals surface area contributed by atoms with Crippen LogP contribution in [0.5, 0.6) is 0 Å². The summed E-state index contributed by atoms with van der Waals surface area (Å²) in [5.74, 6) is 1.28. The Balaban J connectivity index is 1.84. The van der Waals surface area contributed by atoms with Crippen molar-refractivity contribution in [3.8, 4) is 0 Å². The van der Waals surface area contributed by atoms with Crippen LogP contribution in [0.2, 0.25) is 0 Å². The van der Waals surface area contributed by atoms with Crippen LogP contribution in [0.15, 0.2) is 28.9 Å². The molecule has 3 rings (SSSR count). The van der Waals surface area contributed by atoms with Gasteiger partial charge in [-0.25, -0.2) is 4.68 Å². The molecule has 7 nitrogen and oxygen atoms in total. The zero-order valence-corrected chi connectivity index (χ0v) is 14.2. The summed E-state index contributed by atoms with van der Waals surface area (Å²) in [6.45, 7) is 4.74. The standard InChI is InChI=1S/C17H22N4O3/c1-4-14(17(23)19(3)11-13-6-5-9-24-13)21-15-10-12(2)18-20(15)8-7-16(21)22/h5-6,9-10,14H,4,7-8,11H2,1-3H3/t14-/m1/s1. The quantitative estimate of drug-likeness (QED) is 0.840. The van der Waals surface area contributed by atoms with Crippen molar-refractivity contribution in [1.82, 2.24) is 14.7 Å². The van der Waals surface area contributed by atoms with Crippen molar-refractivity contribution in [2.24, 2.45) is 0 Å². The summed E-state index contributed by atoms with van der Waals surface area (Å²) < 4.78 is 7.11. The van der Waals surface area contributed by atoms with Crippen molar-refractivity contribution in [3.63, 3.8) is 0 Å². The van der Waals surface area contributed by atoms with E-state index in [1.165, 1.54) is 0 Å². The number of hydrogen-bond donors (Lipinski definition) is 0. The number of nitrogens with zero attached hydrogens (tertiary/aromatic N) is 4. The van der Waals surface area contributed by atoms with E-state index >= 15 is 0 Å². The molecule has 0 radical (unpaired) electrons. The molecule has 7 heteroatoms. The molecule has 128 valence electrons. The van der Waals surface area contributed by atoms with Gasteiger partial charge >= 0.3 is 0 Å². The number of likely N-dealkylation sites (N-methyl/N-ethyl adjacent to an activating group) is 1. The van der Waals surface area contributed by atoms with Crippen LogP contribution in [0.25, 0.3) is 0 Å². The molecule has 0 aliphatic carbocycles. The molecule has 2 amide bonds. The Hall–Kier alpha value is -2.57. The third-order valence-corrected chi connectivity index (χ3v) is 4.27. The smallest absolute Gasteiger partial charge is 0.245 e. The molecule has 1 aliphatic rings. The zero-order valence-electron chi connectivity index (χ0n) is 14.2. The summed E-state index contributed by atoms with van der Waals surface area (Å²) in [5, 5.41) is 4.40. The molecule has 3 heterocycles. The number of carbonyl (C=O) groups is 2. The van der Waals surface area contributed by atoms with E-state index < -0.39 is 6.04 Å². The minimum absolute atomic E-state index is 0.0333. The molecule has 2 aromatic rings. The van der Waals surface area contributed by atoms with E-state index in [-0.39, 0.29) is 11.8 Å². The van der Waals surface area contributed by atoms with Gasteiger partial charge in [-0.3, -0.25) is 14.5 Å². The minimum Gasteiger partial charge on any atom is -0.467 e. The van der Waals surface area contributed by atoms with Gasteiger partial charge in [0.15, 0.2) is 0 Å². The highest BCUT2D eigenvalue weighted by molar-refractivity contribution is 6.00. The van der Waals surface area contributed by atoms with Crippen LogP contribution in [0.4, 0.5) is 5.82 Å². The van der Waals surface area contributed by atoms with Gasteiger partial charge in [0, 0.05) is 19.5 Å². The van der Waals surface area contributed by atoms with Crippen LogP contribution < -0.4 is 4.90 Å². The molecule has 0 N–H and O–H groups in total. The molecular formula is C17H22N4O3. The van der Waals surface area contributed by atoms with Gasteiger partial charge in [0.2, 0.25) is 11.8 Å². The van der Waals surface area contributed by atoms with Crippen LogP contribution in [0, 0.1) is 6.92 Å². The molecule has 0 bridgehead atoms. The Bertz CT molecular complexity index is 735. The summed E-state index contributed by atoms with van der Waals surface area (Å²) in [4.78, 5) is 28.6. The number of anilines is 1. The fourth-order valence-electron chi connectivity index (χ4n) is 3.11. The number of rotatable bonds is 5. The molecule has 2 aromatic heterocycles. The molecule has 0 saturated carbocycles.